The van der Waals surface area contributed by atoms with Crippen molar-refractivity contribution >= 4 is 23.4 Å². The lowest BCUT2D eigenvalue weighted by molar-refractivity contribution is -0.138. The molecule has 0 bridgehead atoms. The first-order valence-corrected chi connectivity index (χ1v) is 14.8. The number of hydrogen-bond donors (Lipinski definition) is 2. The molecule has 2 aliphatic rings. The predicted molar refractivity (Wildman–Crippen MR) is 157 cm³/mol. The summed E-state index contributed by atoms with van der Waals surface area (Å²) >= 11 is 0. The summed E-state index contributed by atoms with van der Waals surface area (Å²) in [5.41, 5.74) is 2.83. The fraction of sp³-hybridized carbons (Fsp3) is 0.531. The van der Waals surface area contributed by atoms with E-state index in [-0.39, 0.29) is 17.7 Å². The van der Waals surface area contributed by atoms with Gasteiger partial charge in [-0.15, -0.1) is 0 Å². The Morgan fingerprint density at radius 2 is 1.62 bits per heavy atom. The molecular weight excluding hydrogens is 504 g/mol. The van der Waals surface area contributed by atoms with Gasteiger partial charge in [-0.25, -0.2) is 0 Å². The van der Waals surface area contributed by atoms with Gasteiger partial charge in [-0.2, -0.15) is 0 Å². The molecular formula is C32H44N4O4. The Kier molecular flexibility index (Phi) is 11.0. The highest BCUT2D eigenvalue weighted by Gasteiger charge is 2.29. The molecule has 0 spiro atoms. The third kappa shape index (κ3) is 8.55. The van der Waals surface area contributed by atoms with Crippen LogP contribution in [-0.4, -0.2) is 66.9 Å². The molecule has 40 heavy (non-hydrogen) atoms. The van der Waals surface area contributed by atoms with E-state index in [9.17, 15) is 14.4 Å². The van der Waals surface area contributed by atoms with Crippen molar-refractivity contribution in [1.29, 1.82) is 0 Å². The first-order valence-electron chi connectivity index (χ1n) is 14.8. The van der Waals surface area contributed by atoms with Crippen LogP contribution in [0.2, 0.25) is 0 Å². The number of carbonyl (C=O) groups excluding carboxylic acids is 3. The van der Waals surface area contributed by atoms with E-state index in [4.69, 9.17) is 4.74 Å². The molecule has 0 radical (unpaired) electrons. The number of methoxy groups -OCH3 is 1. The van der Waals surface area contributed by atoms with Gasteiger partial charge in [0, 0.05) is 63.2 Å². The number of piperazine rings is 1. The largest absolute Gasteiger partial charge is 0.496 e. The third-order valence-electron chi connectivity index (χ3n) is 8.10. The van der Waals surface area contributed by atoms with Gasteiger partial charge in [-0.3, -0.25) is 19.3 Å². The van der Waals surface area contributed by atoms with Crippen molar-refractivity contribution in [2.45, 2.75) is 70.9 Å². The zero-order chi connectivity index (χ0) is 28.3. The van der Waals surface area contributed by atoms with Gasteiger partial charge in [0.15, 0.2) is 0 Å². The first-order chi connectivity index (χ1) is 19.4. The highest BCUT2D eigenvalue weighted by Crippen LogP contribution is 2.27. The summed E-state index contributed by atoms with van der Waals surface area (Å²) in [5.74, 6) is 1.24. The average molecular weight is 549 g/mol. The summed E-state index contributed by atoms with van der Waals surface area (Å²) in [6, 6.07) is 15.0. The Hall–Kier alpha value is -3.39. The standard InChI is InChI=1S/C32H44N4O4/c1-3-30(37)34-28(21-25-13-15-27(16-14-25)33-31(38)22-24-9-5-4-6-10-24)32(39)36-19-17-35(18-20-36)23-26-11-7-8-12-29(26)40-2/h7-8,11-16,24,28H,3-6,9-10,17-23H2,1-2H3,(H,33,38)(H,34,37)/t28-/m1/s1. The van der Waals surface area contributed by atoms with Crippen molar-refractivity contribution < 1.29 is 19.1 Å². The highest BCUT2D eigenvalue weighted by atomic mass is 16.5. The summed E-state index contributed by atoms with van der Waals surface area (Å²) in [5, 5.41) is 5.96. The van der Waals surface area contributed by atoms with E-state index < -0.39 is 6.04 Å². The zero-order valence-corrected chi connectivity index (χ0v) is 24.0. The molecule has 1 aliphatic carbocycles. The Balaban J connectivity index is 1.31. The smallest absolute Gasteiger partial charge is 0.245 e. The van der Waals surface area contributed by atoms with Crippen molar-refractivity contribution in [3.8, 4) is 5.75 Å². The number of hydrogen-bond acceptors (Lipinski definition) is 5. The molecule has 1 atom stereocenters. The Bertz CT molecular complexity index is 1120. The monoisotopic (exact) mass is 548 g/mol. The van der Waals surface area contributed by atoms with Gasteiger partial charge < -0.3 is 20.3 Å². The molecule has 0 unspecified atom stereocenters. The van der Waals surface area contributed by atoms with Gasteiger partial charge >= 0.3 is 0 Å². The second-order valence-electron chi connectivity index (χ2n) is 11.0. The van der Waals surface area contributed by atoms with E-state index in [1.165, 1.54) is 19.3 Å². The van der Waals surface area contributed by atoms with E-state index in [0.717, 1.165) is 55.0 Å². The van der Waals surface area contributed by atoms with Crippen LogP contribution in [-0.2, 0) is 27.3 Å². The Morgan fingerprint density at radius 3 is 2.30 bits per heavy atom. The topological polar surface area (TPSA) is 91.0 Å². The van der Waals surface area contributed by atoms with Crippen LogP contribution < -0.4 is 15.4 Å². The van der Waals surface area contributed by atoms with E-state index in [1.807, 2.05) is 47.4 Å². The molecule has 1 saturated carbocycles. The maximum atomic E-state index is 13.5. The van der Waals surface area contributed by atoms with Crippen molar-refractivity contribution in [3.05, 3.63) is 59.7 Å². The lowest BCUT2D eigenvalue weighted by Crippen LogP contribution is -2.55. The molecule has 1 heterocycles. The van der Waals surface area contributed by atoms with Crippen LogP contribution in [0.4, 0.5) is 5.69 Å². The highest BCUT2D eigenvalue weighted by molar-refractivity contribution is 5.91. The van der Waals surface area contributed by atoms with E-state index in [2.05, 4.69) is 21.6 Å². The second kappa shape index (κ2) is 14.8. The maximum Gasteiger partial charge on any atom is 0.245 e. The molecule has 2 fully saturated rings. The summed E-state index contributed by atoms with van der Waals surface area (Å²) in [6.45, 7) is 5.29. The zero-order valence-electron chi connectivity index (χ0n) is 24.0. The number of nitrogens with zero attached hydrogens (tertiary/aromatic N) is 2. The third-order valence-corrected chi connectivity index (χ3v) is 8.10. The fourth-order valence-corrected chi connectivity index (χ4v) is 5.74. The molecule has 8 nitrogen and oxygen atoms in total. The number of para-hydroxylation sites is 1. The van der Waals surface area contributed by atoms with Crippen molar-refractivity contribution in [1.82, 2.24) is 15.1 Å². The quantitative estimate of drug-likeness (QED) is 0.435. The lowest BCUT2D eigenvalue weighted by Gasteiger charge is -2.36. The molecule has 2 N–H and O–H groups in total. The number of benzene rings is 2. The molecule has 8 heteroatoms. The van der Waals surface area contributed by atoms with Crippen LogP contribution in [0.15, 0.2) is 48.5 Å². The molecule has 216 valence electrons. The van der Waals surface area contributed by atoms with Crippen LogP contribution in [0.5, 0.6) is 5.75 Å². The van der Waals surface area contributed by atoms with Crippen molar-refractivity contribution in [2.24, 2.45) is 5.92 Å². The van der Waals surface area contributed by atoms with Crippen molar-refractivity contribution in [2.75, 3.05) is 38.6 Å². The summed E-state index contributed by atoms with van der Waals surface area (Å²) in [6.07, 6.45) is 7.31. The Labute approximate surface area is 238 Å². The maximum absolute atomic E-state index is 13.5. The molecule has 2 aromatic rings. The van der Waals surface area contributed by atoms with Crippen LogP contribution in [0.3, 0.4) is 0 Å². The lowest BCUT2D eigenvalue weighted by atomic mass is 9.87. The predicted octanol–water partition coefficient (Wildman–Crippen LogP) is 4.39. The van der Waals surface area contributed by atoms with Crippen LogP contribution in [0.1, 0.15) is 63.0 Å². The molecule has 3 amide bonds. The normalized spacial score (nSPS) is 17.2. The average Bonchev–Trinajstić information content (AvgIpc) is 2.98. The van der Waals surface area contributed by atoms with Gasteiger partial charge in [0.1, 0.15) is 11.8 Å². The van der Waals surface area contributed by atoms with Gasteiger partial charge in [0.25, 0.3) is 0 Å². The van der Waals surface area contributed by atoms with Gasteiger partial charge in [0.05, 0.1) is 7.11 Å². The minimum absolute atomic E-state index is 0.0522. The van der Waals surface area contributed by atoms with Gasteiger partial charge in [-0.1, -0.05) is 56.5 Å². The van der Waals surface area contributed by atoms with Crippen LogP contribution in [0.25, 0.3) is 0 Å². The summed E-state index contributed by atoms with van der Waals surface area (Å²) in [4.78, 5) is 42.5. The molecule has 2 aromatic carbocycles. The van der Waals surface area contributed by atoms with Crippen molar-refractivity contribution in [3.63, 3.8) is 0 Å². The molecule has 4 rings (SSSR count). The van der Waals surface area contributed by atoms with Crippen LogP contribution in [0, 0.1) is 5.92 Å². The minimum Gasteiger partial charge on any atom is -0.496 e. The molecule has 1 aliphatic heterocycles. The number of amides is 3. The number of carbonyl (C=O) groups is 3. The molecule has 1 saturated heterocycles. The minimum atomic E-state index is -0.625. The summed E-state index contributed by atoms with van der Waals surface area (Å²) in [7, 11) is 1.68. The first kappa shape index (κ1) is 29.6. The number of nitrogens with one attached hydrogen (secondary N) is 2. The van der Waals surface area contributed by atoms with Gasteiger partial charge in [-0.05, 0) is 42.5 Å². The Morgan fingerprint density at radius 1 is 0.925 bits per heavy atom. The van der Waals surface area contributed by atoms with E-state index >= 15 is 0 Å². The SMILES string of the molecule is CCC(=O)N[C@H](Cc1ccc(NC(=O)CC2CCCCC2)cc1)C(=O)N1CCN(Cc2ccccc2OC)CC1. The number of ether oxygens (including phenoxy) is 1. The van der Waals surface area contributed by atoms with E-state index in [1.54, 1.807) is 14.0 Å². The summed E-state index contributed by atoms with van der Waals surface area (Å²) < 4.78 is 5.49. The molecule has 0 aromatic heterocycles. The number of rotatable bonds is 11. The van der Waals surface area contributed by atoms with Gasteiger partial charge in [0.2, 0.25) is 17.7 Å². The van der Waals surface area contributed by atoms with Crippen LogP contribution >= 0.6 is 0 Å². The van der Waals surface area contributed by atoms with E-state index in [0.29, 0.717) is 38.3 Å². The second-order valence-corrected chi connectivity index (χ2v) is 11.0. The fourth-order valence-electron chi connectivity index (χ4n) is 5.74. The number of anilines is 1.